The number of hydrogen-bond donors (Lipinski definition) is 2. The third kappa shape index (κ3) is 2.72. The predicted octanol–water partition coefficient (Wildman–Crippen LogP) is 1.30. The zero-order valence-corrected chi connectivity index (χ0v) is 10.9. The third-order valence-electron chi connectivity index (χ3n) is 3.39. The lowest BCUT2D eigenvalue weighted by molar-refractivity contribution is 0.352. The van der Waals surface area contributed by atoms with E-state index in [2.05, 4.69) is 22.2 Å². The summed E-state index contributed by atoms with van der Waals surface area (Å²) < 4.78 is 1.94. The minimum absolute atomic E-state index is 0.785. The average Bonchev–Trinajstić information content (AvgIpc) is 2.92. The number of nitrogens with two attached hydrogens (primary N) is 1. The van der Waals surface area contributed by atoms with Crippen molar-refractivity contribution in [1.82, 2.24) is 14.7 Å². The summed E-state index contributed by atoms with van der Waals surface area (Å²) in [6, 6.07) is 0. The largest absolute Gasteiger partial charge is 0.394 e. The summed E-state index contributed by atoms with van der Waals surface area (Å²) in [6.45, 7) is 9.39. The molecule has 1 aliphatic heterocycles. The van der Waals surface area contributed by atoms with Crippen molar-refractivity contribution in [2.45, 2.75) is 33.2 Å². The lowest BCUT2D eigenvalue weighted by Gasteiger charge is -2.16. The van der Waals surface area contributed by atoms with Gasteiger partial charge in [0.25, 0.3) is 0 Å². The van der Waals surface area contributed by atoms with E-state index in [1.165, 1.54) is 25.9 Å². The standard InChI is InChI=1S/C12H23N5/c1-3-17-12(11(13)10(2)15-17)14-6-9-16-7-4-5-8-16/h14H,3-9,13H2,1-2H3. The van der Waals surface area contributed by atoms with Crippen molar-refractivity contribution < 1.29 is 0 Å². The van der Waals surface area contributed by atoms with Gasteiger partial charge in [0.05, 0.1) is 11.4 Å². The van der Waals surface area contributed by atoms with Crippen LogP contribution in [0.3, 0.4) is 0 Å². The monoisotopic (exact) mass is 237 g/mol. The van der Waals surface area contributed by atoms with Gasteiger partial charge in [-0.3, -0.25) is 0 Å². The highest BCUT2D eigenvalue weighted by Crippen LogP contribution is 2.21. The van der Waals surface area contributed by atoms with Gasteiger partial charge in [0.15, 0.2) is 0 Å². The molecule has 1 aliphatic rings. The van der Waals surface area contributed by atoms with Gasteiger partial charge in [-0.2, -0.15) is 5.10 Å². The highest BCUT2D eigenvalue weighted by molar-refractivity contribution is 5.64. The van der Waals surface area contributed by atoms with E-state index >= 15 is 0 Å². The van der Waals surface area contributed by atoms with Gasteiger partial charge < -0.3 is 16.0 Å². The van der Waals surface area contributed by atoms with E-state index in [0.717, 1.165) is 36.8 Å². The molecule has 0 saturated carbocycles. The minimum Gasteiger partial charge on any atom is -0.394 e. The van der Waals surface area contributed by atoms with E-state index in [4.69, 9.17) is 5.73 Å². The summed E-state index contributed by atoms with van der Waals surface area (Å²) >= 11 is 0. The Hall–Kier alpha value is -1.23. The molecule has 17 heavy (non-hydrogen) atoms. The predicted molar refractivity (Wildman–Crippen MR) is 71.2 cm³/mol. The molecule has 2 rings (SSSR count). The van der Waals surface area contributed by atoms with Crippen LogP contribution < -0.4 is 11.1 Å². The number of nitrogen functional groups attached to an aromatic ring is 1. The molecule has 0 unspecified atom stereocenters. The molecule has 0 aliphatic carbocycles. The molecule has 5 nitrogen and oxygen atoms in total. The fourth-order valence-electron chi connectivity index (χ4n) is 2.35. The Balaban J connectivity index is 1.89. The lowest BCUT2D eigenvalue weighted by Crippen LogP contribution is -2.26. The summed E-state index contributed by atoms with van der Waals surface area (Å²) in [4.78, 5) is 2.49. The van der Waals surface area contributed by atoms with Gasteiger partial charge in [0, 0.05) is 19.6 Å². The molecule has 1 aromatic rings. The molecule has 1 saturated heterocycles. The Morgan fingerprint density at radius 3 is 2.71 bits per heavy atom. The Morgan fingerprint density at radius 1 is 1.35 bits per heavy atom. The van der Waals surface area contributed by atoms with E-state index in [-0.39, 0.29) is 0 Å². The van der Waals surface area contributed by atoms with Crippen LogP contribution >= 0.6 is 0 Å². The zero-order valence-electron chi connectivity index (χ0n) is 10.9. The van der Waals surface area contributed by atoms with Crippen molar-refractivity contribution in [3.05, 3.63) is 5.69 Å². The van der Waals surface area contributed by atoms with E-state index in [0.29, 0.717) is 0 Å². The Labute approximate surface area is 103 Å². The second kappa shape index (κ2) is 5.40. The number of aromatic nitrogens is 2. The molecule has 0 spiro atoms. The van der Waals surface area contributed by atoms with Gasteiger partial charge in [0.2, 0.25) is 0 Å². The number of likely N-dealkylation sites (tertiary alicyclic amines) is 1. The van der Waals surface area contributed by atoms with Crippen molar-refractivity contribution in [2.75, 3.05) is 37.2 Å². The number of hydrogen-bond acceptors (Lipinski definition) is 4. The molecule has 0 bridgehead atoms. The average molecular weight is 237 g/mol. The smallest absolute Gasteiger partial charge is 0.148 e. The fraction of sp³-hybridized carbons (Fsp3) is 0.750. The summed E-state index contributed by atoms with van der Waals surface area (Å²) in [5, 5.41) is 7.81. The molecule has 0 atom stereocenters. The van der Waals surface area contributed by atoms with E-state index in [1.807, 2.05) is 11.6 Å². The molecule has 3 N–H and O–H groups in total. The molecule has 0 amide bonds. The summed E-state index contributed by atoms with van der Waals surface area (Å²) in [5.41, 5.74) is 7.71. The number of rotatable bonds is 5. The molecule has 2 heterocycles. The maximum atomic E-state index is 6.01. The first-order chi connectivity index (χ1) is 8.22. The number of nitrogens with zero attached hydrogens (tertiary/aromatic N) is 3. The molecule has 1 aromatic heterocycles. The van der Waals surface area contributed by atoms with Gasteiger partial charge in [0.1, 0.15) is 5.82 Å². The van der Waals surface area contributed by atoms with Crippen LogP contribution in [0.5, 0.6) is 0 Å². The molecular formula is C12H23N5. The maximum Gasteiger partial charge on any atom is 0.148 e. The van der Waals surface area contributed by atoms with Crippen LogP contribution in [-0.4, -0.2) is 40.9 Å². The molecule has 96 valence electrons. The van der Waals surface area contributed by atoms with Gasteiger partial charge in [-0.1, -0.05) is 0 Å². The number of aryl methyl sites for hydroxylation is 2. The highest BCUT2D eigenvalue weighted by atomic mass is 15.3. The normalized spacial score (nSPS) is 16.6. The molecular weight excluding hydrogens is 214 g/mol. The SMILES string of the molecule is CCn1nc(C)c(N)c1NCCN1CCCC1. The van der Waals surface area contributed by atoms with E-state index in [1.54, 1.807) is 0 Å². The summed E-state index contributed by atoms with van der Waals surface area (Å²) in [5.74, 6) is 0.976. The van der Waals surface area contributed by atoms with Gasteiger partial charge in [-0.25, -0.2) is 4.68 Å². The molecule has 1 fully saturated rings. The van der Waals surface area contributed by atoms with Crippen molar-refractivity contribution in [3.8, 4) is 0 Å². The summed E-state index contributed by atoms with van der Waals surface area (Å²) in [7, 11) is 0. The third-order valence-corrected chi connectivity index (χ3v) is 3.39. The van der Waals surface area contributed by atoms with Crippen LogP contribution in [0, 0.1) is 6.92 Å². The van der Waals surface area contributed by atoms with Gasteiger partial charge in [-0.05, 0) is 39.8 Å². The quantitative estimate of drug-likeness (QED) is 0.810. The van der Waals surface area contributed by atoms with Crippen LogP contribution in [0.15, 0.2) is 0 Å². The first kappa shape index (κ1) is 12.2. The van der Waals surface area contributed by atoms with Crippen LogP contribution in [0.1, 0.15) is 25.5 Å². The van der Waals surface area contributed by atoms with Crippen LogP contribution in [0.25, 0.3) is 0 Å². The Morgan fingerprint density at radius 2 is 2.06 bits per heavy atom. The second-order valence-corrected chi connectivity index (χ2v) is 4.64. The molecule has 0 radical (unpaired) electrons. The van der Waals surface area contributed by atoms with E-state index < -0.39 is 0 Å². The highest BCUT2D eigenvalue weighted by Gasteiger charge is 2.13. The van der Waals surface area contributed by atoms with Crippen molar-refractivity contribution in [3.63, 3.8) is 0 Å². The molecule has 5 heteroatoms. The second-order valence-electron chi connectivity index (χ2n) is 4.64. The van der Waals surface area contributed by atoms with Crippen LogP contribution in [0.4, 0.5) is 11.5 Å². The molecule has 0 aromatic carbocycles. The fourth-order valence-corrected chi connectivity index (χ4v) is 2.35. The van der Waals surface area contributed by atoms with Crippen molar-refractivity contribution >= 4 is 11.5 Å². The van der Waals surface area contributed by atoms with Crippen LogP contribution in [0.2, 0.25) is 0 Å². The summed E-state index contributed by atoms with van der Waals surface area (Å²) in [6.07, 6.45) is 2.68. The number of anilines is 2. The number of nitrogens with one attached hydrogen (secondary N) is 1. The Bertz CT molecular complexity index is 365. The first-order valence-corrected chi connectivity index (χ1v) is 6.51. The lowest BCUT2D eigenvalue weighted by atomic mass is 10.4. The Kier molecular flexibility index (Phi) is 3.89. The van der Waals surface area contributed by atoms with Gasteiger partial charge >= 0.3 is 0 Å². The minimum atomic E-state index is 0.785. The van der Waals surface area contributed by atoms with Gasteiger partial charge in [-0.15, -0.1) is 0 Å². The van der Waals surface area contributed by atoms with Crippen LogP contribution in [-0.2, 0) is 6.54 Å². The first-order valence-electron chi connectivity index (χ1n) is 6.51. The topological polar surface area (TPSA) is 59.1 Å². The van der Waals surface area contributed by atoms with Crippen molar-refractivity contribution in [2.24, 2.45) is 0 Å². The maximum absolute atomic E-state index is 6.01. The van der Waals surface area contributed by atoms with Crippen molar-refractivity contribution in [1.29, 1.82) is 0 Å². The van der Waals surface area contributed by atoms with E-state index in [9.17, 15) is 0 Å². The zero-order chi connectivity index (χ0) is 12.3.